The second-order valence-corrected chi connectivity index (χ2v) is 6.82. The fourth-order valence-corrected chi connectivity index (χ4v) is 2.95. The zero-order valence-corrected chi connectivity index (χ0v) is 14.8. The van der Waals surface area contributed by atoms with Crippen LogP contribution in [-0.2, 0) is 0 Å². The summed E-state index contributed by atoms with van der Waals surface area (Å²) >= 11 is 0. The van der Waals surface area contributed by atoms with Crippen LogP contribution in [0.5, 0.6) is 0 Å². The number of rotatable bonds is 9. The van der Waals surface area contributed by atoms with E-state index in [0.29, 0.717) is 6.04 Å². The molecule has 0 radical (unpaired) electrons. The molecule has 2 heteroatoms. The highest BCUT2D eigenvalue weighted by molar-refractivity contribution is 5.55. The summed E-state index contributed by atoms with van der Waals surface area (Å²) < 4.78 is 0. The van der Waals surface area contributed by atoms with E-state index in [9.17, 15) is 0 Å². The van der Waals surface area contributed by atoms with Gasteiger partial charge in [-0.2, -0.15) is 0 Å². The Morgan fingerprint density at radius 1 is 0.857 bits per heavy atom. The molecule has 0 bridgehead atoms. The molecule has 1 aromatic carbocycles. The van der Waals surface area contributed by atoms with Crippen LogP contribution in [0.15, 0.2) is 24.3 Å². The molecule has 0 heterocycles. The second kappa shape index (κ2) is 8.96. The molecule has 2 nitrogen and oxygen atoms in total. The molecule has 21 heavy (non-hydrogen) atoms. The topological polar surface area (TPSA) is 15.3 Å². The Morgan fingerprint density at radius 2 is 1.33 bits per heavy atom. The Hall–Kier alpha value is -1.18. The normalized spacial score (nSPS) is 11.5. The van der Waals surface area contributed by atoms with Crippen LogP contribution in [0, 0.1) is 11.8 Å². The lowest BCUT2D eigenvalue weighted by Gasteiger charge is -2.25. The van der Waals surface area contributed by atoms with E-state index in [1.807, 2.05) is 0 Å². The van der Waals surface area contributed by atoms with Crippen molar-refractivity contribution in [1.29, 1.82) is 0 Å². The van der Waals surface area contributed by atoms with Crippen molar-refractivity contribution in [1.82, 2.24) is 0 Å². The highest BCUT2D eigenvalue weighted by atomic mass is 15.1. The van der Waals surface area contributed by atoms with Gasteiger partial charge < -0.3 is 10.2 Å². The molecule has 0 saturated heterocycles. The van der Waals surface area contributed by atoms with Crippen LogP contribution >= 0.6 is 0 Å². The van der Waals surface area contributed by atoms with Crippen molar-refractivity contribution in [3.05, 3.63) is 24.3 Å². The molecule has 0 amide bonds. The first-order chi connectivity index (χ1) is 9.96. The van der Waals surface area contributed by atoms with Gasteiger partial charge in [0.2, 0.25) is 0 Å². The molecule has 1 aromatic rings. The lowest BCUT2D eigenvalue weighted by molar-refractivity contribution is 0.442. The summed E-state index contributed by atoms with van der Waals surface area (Å²) in [6.45, 7) is 15.8. The predicted molar refractivity (Wildman–Crippen MR) is 96.3 cm³/mol. The quantitative estimate of drug-likeness (QED) is 0.654. The highest BCUT2D eigenvalue weighted by Gasteiger charge is 2.13. The summed E-state index contributed by atoms with van der Waals surface area (Å²) in [5, 5.41) is 3.73. The van der Waals surface area contributed by atoms with E-state index in [4.69, 9.17) is 0 Å². The van der Waals surface area contributed by atoms with Crippen LogP contribution in [0.1, 0.15) is 54.4 Å². The molecule has 0 fully saturated rings. The molecule has 0 unspecified atom stereocenters. The molecular weight excluding hydrogens is 256 g/mol. The highest BCUT2D eigenvalue weighted by Crippen LogP contribution is 2.22. The largest absolute Gasteiger partial charge is 0.382 e. The van der Waals surface area contributed by atoms with Crippen LogP contribution in [0.4, 0.5) is 11.4 Å². The minimum Gasteiger partial charge on any atom is -0.382 e. The van der Waals surface area contributed by atoms with Gasteiger partial charge in [-0.3, -0.25) is 0 Å². The van der Waals surface area contributed by atoms with Crippen molar-refractivity contribution >= 4 is 11.4 Å². The van der Waals surface area contributed by atoms with E-state index >= 15 is 0 Å². The van der Waals surface area contributed by atoms with Crippen molar-refractivity contribution in [3.63, 3.8) is 0 Å². The van der Waals surface area contributed by atoms with Crippen LogP contribution in [0.25, 0.3) is 0 Å². The van der Waals surface area contributed by atoms with Gasteiger partial charge in [0.05, 0.1) is 0 Å². The maximum Gasteiger partial charge on any atom is 0.0367 e. The molecule has 0 aromatic heterocycles. The average Bonchev–Trinajstić information content (AvgIpc) is 2.40. The van der Waals surface area contributed by atoms with Crippen molar-refractivity contribution in [2.45, 2.75) is 60.4 Å². The molecule has 0 atom stereocenters. The van der Waals surface area contributed by atoms with Crippen molar-refractivity contribution in [3.8, 4) is 0 Å². The first-order valence-electron chi connectivity index (χ1n) is 8.57. The Balaban J connectivity index is 2.70. The van der Waals surface area contributed by atoms with Gasteiger partial charge in [-0.1, -0.05) is 27.7 Å². The number of benzene rings is 1. The summed E-state index contributed by atoms with van der Waals surface area (Å²) in [6, 6.07) is 9.49. The van der Waals surface area contributed by atoms with Crippen LogP contribution < -0.4 is 10.2 Å². The SMILES string of the molecule is CCN(CC)c1ccc(NC(CC(C)C)CC(C)C)cc1. The Labute approximate surface area is 131 Å². The number of nitrogens with one attached hydrogen (secondary N) is 1. The maximum atomic E-state index is 3.73. The molecule has 0 aliphatic rings. The summed E-state index contributed by atoms with van der Waals surface area (Å²) in [5.41, 5.74) is 2.56. The van der Waals surface area contributed by atoms with Gasteiger partial charge in [-0.05, 0) is 62.8 Å². The Morgan fingerprint density at radius 3 is 1.71 bits per heavy atom. The lowest BCUT2D eigenvalue weighted by Crippen LogP contribution is -2.24. The van der Waals surface area contributed by atoms with Gasteiger partial charge in [0, 0.05) is 30.5 Å². The molecule has 0 aliphatic carbocycles. The van der Waals surface area contributed by atoms with Crippen molar-refractivity contribution < 1.29 is 0 Å². The fourth-order valence-electron chi connectivity index (χ4n) is 2.95. The standard InChI is InChI=1S/C19H34N2/c1-7-21(8-2)19-11-9-17(10-12-19)20-18(13-15(3)4)14-16(5)6/h9-12,15-16,18,20H,7-8,13-14H2,1-6H3. The summed E-state index contributed by atoms with van der Waals surface area (Å²) in [4.78, 5) is 2.38. The number of nitrogens with zero attached hydrogens (tertiary/aromatic N) is 1. The van der Waals surface area contributed by atoms with Crippen LogP contribution in [0.2, 0.25) is 0 Å². The monoisotopic (exact) mass is 290 g/mol. The number of hydrogen-bond acceptors (Lipinski definition) is 2. The van der Waals surface area contributed by atoms with E-state index in [2.05, 4.69) is 76.0 Å². The third-order valence-electron chi connectivity index (χ3n) is 3.88. The van der Waals surface area contributed by atoms with E-state index < -0.39 is 0 Å². The van der Waals surface area contributed by atoms with E-state index in [-0.39, 0.29) is 0 Å². The molecule has 1 N–H and O–H groups in total. The summed E-state index contributed by atoms with van der Waals surface area (Å²) in [5.74, 6) is 1.47. The molecule has 0 saturated carbocycles. The second-order valence-electron chi connectivity index (χ2n) is 6.82. The van der Waals surface area contributed by atoms with Gasteiger partial charge in [0.15, 0.2) is 0 Å². The van der Waals surface area contributed by atoms with Gasteiger partial charge in [-0.25, -0.2) is 0 Å². The Bertz CT molecular complexity index is 367. The van der Waals surface area contributed by atoms with Crippen LogP contribution in [-0.4, -0.2) is 19.1 Å². The minimum atomic E-state index is 0.573. The molecular formula is C19H34N2. The molecule has 0 spiro atoms. The first-order valence-corrected chi connectivity index (χ1v) is 8.57. The van der Waals surface area contributed by atoms with Crippen LogP contribution in [0.3, 0.4) is 0 Å². The zero-order valence-electron chi connectivity index (χ0n) is 14.8. The fraction of sp³-hybridized carbons (Fsp3) is 0.684. The number of anilines is 2. The summed E-state index contributed by atoms with van der Waals surface area (Å²) in [7, 11) is 0. The van der Waals surface area contributed by atoms with E-state index in [1.165, 1.54) is 24.2 Å². The third kappa shape index (κ3) is 6.41. The van der Waals surface area contributed by atoms with E-state index in [1.54, 1.807) is 0 Å². The zero-order chi connectivity index (χ0) is 15.8. The third-order valence-corrected chi connectivity index (χ3v) is 3.88. The molecule has 1 rings (SSSR count). The van der Waals surface area contributed by atoms with Gasteiger partial charge >= 0.3 is 0 Å². The molecule has 0 aliphatic heterocycles. The lowest BCUT2D eigenvalue weighted by atomic mass is 9.95. The van der Waals surface area contributed by atoms with E-state index in [0.717, 1.165) is 24.9 Å². The summed E-state index contributed by atoms with van der Waals surface area (Å²) in [6.07, 6.45) is 2.46. The molecule has 120 valence electrons. The predicted octanol–water partition coefficient (Wildman–Crippen LogP) is 5.41. The van der Waals surface area contributed by atoms with Crippen molar-refractivity contribution in [2.24, 2.45) is 11.8 Å². The van der Waals surface area contributed by atoms with Gasteiger partial charge in [-0.15, -0.1) is 0 Å². The minimum absolute atomic E-state index is 0.573. The number of hydrogen-bond donors (Lipinski definition) is 1. The van der Waals surface area contributed by atoms with Crippen molar-refractivity contribution in [2.75, 3.05) is 23.3 Å². The maximum absolute atomic E-state index is 3.73. The van der Waals surface area contributed by atoms with Gasteiger partial charge in [0.25, 0.3) is 0 Å². The van der Waals surface area contributed by atoms with Gasteiger partial charge in [0.1, 0.15) is 0 Å². The Kier molecular flexibility index (Phi) is 7.63. The first kappa shape index (κ1) is 17.9. The average molecular weight is 290 g/mol. The smallest absolute Gasteiger partial charge is 0.0367 e.